The normalized spacial score (nSPS) is 20.0. The summed E-state index contributed by atoms with van der Waals surface area (Å²) in [6.45, 7) is 2.65. The number of aliphatic hydroxyl groups excluding tert-OH is 1. The van der Waals surface area contributed by atoms with E-state index in [1.807, 2.05) is 24.4 Å². The molecule has 1 aliphatic heterocycles. The Morgan fingerprint density at radius 3 is 3.03 bits per heavy atom. The van der Waals surface area contributed by atoms with Gasteiger partial charge >= 0.3 is 5.69 Å². The molecule has 0 aliphatic carbocycles. The second-order valence-electron chi connectivity index (χ2n) is 8.28. The van der Waals surface area contributed by atoms with Crippen LogP contribution in [0.4, 0.5) is 4.39 Å². The third-order valence-corrected chi connectivity index (χ3v) is 6.26. The van der Waals surface area contributed by atoms with Crippen LogP contribution in [0.5, 0.6) is 0 Å². The lowest BCUT2D eigenvalue weighted by atomic mass is 9.98. The molecule has 156 valence electrons. The number of halogens is 1. The van der Waals surface area contributed by atoms with Gasteiger partial charge in [0.1, 0.15) is 5.82 Å². The number of benzene rings is 2. The van der Waals surface area contributed by atoms with Crippen molar-refractivity contribution in [3.05, 3.63) is 70.0 Å². The first kappa shape index (κ1) is 19.1. The van der Waals surface area contributed by atoms with E-state index in [4.69, 9.17) is 0 Å². The maximum Gasteiger partial charge on any atom is 0.326 e. The zero-order valence-corrected chi connectivity index (χ0v) is 16.8. The largest absolute Gasteiger partial charge is 0.387 e. The summed E-state index contributed by atoms with van der Waals surface area (Å²) in [7, 11) is 0. The molecule has 1 aliphatic rings. The highest BCUT2D eigenvalue weighted by atomic mass is 19.1. The number of H-pyrrole nitrogens is 2. The summed E-state index contributed by atoms with van der Waals surface area (Å²) >= 11 is 0. The molecule has 2 aromatic carbocycles. The standard InChI is InChI=1S/C23H25FN4O2/c1-13(5-6-14-12-25-18-8-7-15(24)11-17(14)18)26-20-9-10-28-21-16(22(20)29)3-2-4-19(21)27-23(28)30/h2-4,7-8,11-13,20,22,25-26,29H,5-6,9-10H2,1H3,(H,27,30)/t13-,20?,22?/m1/s1. The molecule has 4 N–H and O–H groups in total. The van der Waals surface area contributed by atoms with Crippen molar-refractivity contribution in [1.29, 1.82) is 0 Å². The van der Waals surface area contributed by atoms with Crippen LogP contribution in [-0.4, -0.2) is 31.7 Å². The van der Waals surface area contributed by atoms with Crippen molar-refractivity contribution in [3.63, 3.8) is 0 Å². The average molecular weight is 408 g/mol. The number of aryl methyl sites for hydroxylation is 2. The SMILES string of the molecule is C[C@H](CCc1c[nH]c2ccc(F)cc12)NC1CCn2c(=O)[nH]c3cccc(c32)C1O. The molecule has 0 spiro atoms. The molecule has 0 amide bonds. The Kier molecular flexibility index (Phi) is 4.72. The number of fused-ring (bicyclic) bond motifs is 1. The van der Waals surface area contributed by atoms with Crippen molar-refractivity contribution < 1.29 is 9.50 Å². The summed E-state index contributed by atoms with van der Waals surface area (Å²) < 4.78 is 15.3. The summed E-state index contributed by atoms with van der Waals surface area (Å²) in [4.78, 5) is 18.3. The fraction of sp³-hybridized carbons (Fsp3) is 0.348. The van der Waals surface area contributed by atoms with Gasteiger partial charge in [0, 0.05) is 41.3 Å². The molecule has 0 bridgehead atoms. The van der Waals surface area contributed by atoms with E-state index in [0.717, 1.165) is 45.9 Å². The van der Waals surface area contributed by atoms with Crippen molar-refractivity contribution in [2.45, 2.75) is 50.9 Å². The fourth-order valence-electron chi connectivity index (χ4n) is 4.70. The fourth-order valence-corrected chi connectivity index (χ4v) is 4.70. The number of para-hydroxylation sites is 1. The Labute approximate surface area is 172 Å². The molecule has 0 saturated heterocycles. The van der Waals surface area contributed by atoms with Gasteiger partial charge in [-0.1, -0.05) is 12.1 Å². The molecule has 6 nitrogen and oxygen atoms in total. The molecule has 30 heavy (non-hydrogen) atoms. The summed E-state index contributed by atoms with van der Waals surface area (Å²) in [5.41, 5.74) is 4.23. The molecule has 5 rings (SSSR count). The number of imidazole rings is 1. The Morgan fingerprint density at radius 2 is 2.17 bits per heavy atom. The first-order valence-corrected chi connectivity index (χ1v) is 10.4. The number of rotatable bonds is 5. The maximum atomic E-state index is 13.6. The number of nitrogens with one attached hydrogen (secondary N) is 3. The van der Waals surface area contributed by atoms with Crippen molar-refractivity contribution in [3.8, 4) is 0 Å². The van der Waals surface area contributed by atoms with Gasteiger partial charge in [0.05, 0.1) is 17.1 Å². The molecule has 0 fully saturated rings. The van der Waals surface area contributed by atoms with Crippen molar-refractivity contribution in [2.75, 3.05) is 0 Å². The smallest absolute Gasteiger partial charge is 0.326 e. The summed E-state index contributed by atoms with van der Waals surface area (Å²) in [5, 5.41) is 15.5. The van der Waals surface area contributed by atoms with Crippen molar-refractivity contribution in [1.82, 2.24) is 19.9 Å². The third kappa shape index (κ3) is 3.24. The molecular formula is C23H25FN4O2. The van der Waals surface area contributed by atoms with Crippen LogP contribution in [0.1, 0.15) is 37.0 Å². The van der Waals surface area contributed by atoms with E-state index in [0.29, 0.717) is 13.0 Å². The minimum Gasteiger partial charge on any atom is -0.387 e. The molecule has 3 heterocycles. The van der Waals surface area contributed by atoms with Gasteiger partial charge in [-0.25, -0.2) is 9.18 Å². The predicted octanol–water partition coefficient (Wildman–Crippen LogP) is 3.37. The second-order valence-corrected chi connectivity index (χ2v) is 8.28. The summed E-state index contributed by atoms with van der Waals surface area (Å²) in [6, 6.07) is 10.4. The highest BCUT2D eigenvalue weighted by molar-refractivity contribution is 5.83. The third-order valence-electron chi connectivity index (χ3n) is 6.26. The molecule has 7 heteroatoms. The number of aliphatic hydroxyl groups is 1. The highest BCUT2D eigenvalue weighted by Gasteiger charge is 2.29. The van der Waals surface area contributed by atoms with E-state index in [-0.39, 0.29) is 23.6 Å². The summed E-state index contributed by atoms with van der Waals surface area (Å²) in [6.07, 6.45) is 3.56. The zero-order valence-electron chi connectivity index (χ0n) is 16.8. The number of aromatic amines is 2. The van der Waals surface area contributed by atoms with E-state index in [9.17, 15) is 14.3 Å². The van der Waals surface area contributed by atoms with Gasteiger partial charge in [-0.15, -0.1) is 0 Å². The average Bonchev–Trinajstić information content (AvgIpc) is 3.24. The number of aromatic nitrogens is 3. The molecule has 0 radical (unpaired) electrons. The van der Waals surface area contributed by atoms with E-state index in [1.165, 1.54) is 6.07 Å². The second kappa shape index (κ2) is 7.41. The van der Waals surface area contributed by atoms with E-state index < -0.39 is 6.10 Å². The van der Waals surface area contributed by atoms with E-state index in [1.54, 1.807) is 16.7 Å². The predicted molar refractivity (Wildman–Crippen MR) is 115 cm³/mol. The minimum absolute atomic E-state index is 0.134. The van der Waals surface area contributed by atoms with Crippen molar-refractivity contribution in [2.24, 2.45) is 0 Å². The van der Waals surface area contributed by atoms with Gasteiger partial charge < -0.3 is 20.4 Å². The monoisotopic (exact) mass is 408 g/mol. The van der Waals surface area contributed by atoms with E-state index >= 15 is 0 Å². The van der Waals surface area contributed by atoms with Crippen molar-refractivity contribution >= 4 is 21.9 Å². The Balaban J connectivity index is 1.31. The molecular weight excluding hydrogens is 383 g/mol. The van der Waals surface area contributed by atoms with Crippen LogP contribution in [0, 0.1) is 5.82 Å². The first-order valence-electron chi connectivity index (χ1n) is 10.4. The highest BCUT2D eigenvalue weighted by Crippen LogP contribution is 2.30. The number of nitrogens with zero attached hydrogens (tertiary/aromatic N) is 1. The van der Waals surface area contributed by atoms with Gasteiger partial charge in [-0.2, -0.15) is 0 Å². The molecule has 3 atom stereocenters. The molecule has 0 saturated carbocycles. The van der Waals surface area contributed by atoms with Gasteiger partial charge in [0.15, 0.2) is 0 Å². The number of hydrogen-bond donors (Lipinski definition) is 4. The van der Waals surface area contributed by atoms with Crippen LogP contribution in [0.3, 0.4) is 0 Å². The Morgan fingerprint density at radius 1 is 1.30 bits per heavy atom. The summed E-state index contributed by atoms with van der Waals surface area (Å²) in [5.74, 6) is -0.232. The topological polar surface area (TPSA) is 85.8 Å². The lowest BCUT2D eigenvalue weighted by molar-refractivity contribution is 0.119. The zero-order chi connectivity index (χ0) is 20.8. The van der Waals surface area contributed by atoms with E-state index in [2.05, 4.69) is 22.2 Å². The van der Waals surface area contributed by atoms with Crippen LogP contribution < -0.4 is 11.0 Å². The van der Waals surface area contributed by atoms with Gasteiger partial charge in [-0.3, -0.25) is 4.57 Å². The lowest BCUT2D eigenvalue weighted by Crippen LogP contribution is -2.41. The maximum absolute atomic E-state index is 13.6. The first-order chi connectivity index (χ1) is 14.5. The molecule has 2 aromatic heterocycles. The van der Waals surface area contributed by atoms with Crippen LogP contribution in [0.2, 0.25) is 0 Å². The quantitative estimate of drug-likeness (QED) is 0.408. The van der Waals surface area contributed by atoms with Crippen LogP contribution >= 0.6 is 0 Å². The molecule has 4 aromatic rings. The Hall–Kier alpha value is -2.90. The minimum atomic E-state index is -0.692. The Bertz CT molecular complexity index is 1270. The van der Waals surface area contributed by atoms with Crippen LogP contribution in [0.15, 0.2) is 47.4 Å². The van der Waals surface area contributed by atoms with Gasteiger partial charge in [0.25, 0.3) is 0 Å². The van der Waals surface area contributed by atoms with Crippen LogP contribution in [-0.2, 0) is 13.0 Å². The lowest BCUT2D eigenvalue weighted by Gasteiger charge is -2.26. The number of hydrogen-bond acceptors (Lipinski definition) is 3. The van der Waals surface area contributed by atoms with Gasteiger partial charge in [0.2, 0.25) is 0 Å². The molecule has 2 unspecified atom stereocenters. The van der Waals surface area contributed by atoms with Crippen LogP contribution in [0.25, 0.3) is 21.9 Å². The van der Waals surface area contributed by atoms with Gasteiger partial charge in [-0.05, 0) is 56.0 Å².